The fourth-order valence-electron chi connectivity index (χ4n) is 2.15. The van der Waals surface area contributed by atoms with Crippen molar-refractivity contribution < 1.29 is 9.63 Å². The number of allylic oxidation sites excluding steroid dienone is 1. The highest BCUT2D eigenvalue weighted by molar-refractivity contribution is 8.02. The van der Waals surface area contributed by atoms with E-state index in [4.69, 9.17) is 4.84 Å². The van der Waals surface area contributed by atoms with Gasteiger partial charge < -0.3 is 5.32 Å². The number of benzene rings is 1. The molecular formula is C15H19N3O2S. The van der Waals surface area contributed by atoms with Gasteiger partial charge in [-0.05, 0) is 50.8 Å². The zero-order chi connectivity index (χ0) is 14.8. The highest BCUT2D eigenvalue weighted by Gasteiger charge is 2.39. The van der Waals surface area contributed by atoms with Crippen molar-refractivity contribution in [3.63, 3.8) is 0 Å². The first-order chi connectivity index (χ1) is 10.1. The van der Waals surface area contributed by atoms with Crippen LogP contribution in [0.25, 0.3) is 0 Å². The Balaban J connectivity index is 1.78. The summed E-state index contributed by atoms with van der Waals surface area (Å²) in [6.07, 6.45) is 2.28. The van der Waals surface area contributed by atoms with Gasteiger partial charge in [0.25, 0.3) is 5.91 Å². The average molecular weight is 305 g/mol. The van der Waals surface area contributed by atoms with Crippen molar-refractivity contribution in [3.05, 3.63) is 40.9 Å². The maximum Gasteiger partial charge on any atom is 0.265 e. The van der Waals surface area contributed by atoms with Crippen molar-refractivity contribution >= 4 is 23.5 Å². The molecule has 0 atom stereocenters. The van der Waals surface area contributed by atoms with E-state index in [0.29, 0.717) is 10.8 Å². The standard InChI is InChI=1S/C15H19N3O2S/c1-10(2)20-18-13(11-8-9-11)14(21-17-18)15(19)16-12-6-4-3-5-7-12/h3-7,10-11,17H,8-9H2,1-2H3,(H,16,19). The molecule has 1 aliphatic heterocycles. The minimum atomic E-state index is -0.0875. The number of para-hydroxylation sites is 1. The summed E-state index contributed by atoms with van der Waals surface area (Å²) in [5.74, 6) is 0.332. The molecule has 112 valence electrons. The maximum atomic E-state index is 12.5. The molecule has 1 fully saturated rings. The lowest BCUT2D eigenvalue weighted by Crippen LogP contribution is -2.32. The van der Waals surface area contributed by atoms with Gasteiger partial charge >= 0.3 is 0 Å². The fraction of sp³-hybridized carbons (Fsp3) is 0.400. The molecule has 2 aliphatic rings. The van der Waals surface area contributed by atoms with E-state index in [1.54, 1.807) is 5.17 Å². The Morgan fingerprint density at radius 3 is 2.71 bits per heavy atom. The van der Waals surface area contributed by atoms with E-state index >= 15 is 0 Å². The summed E-state index contributed by atoms with van der Waals surface area (Å²) in [6, 6.07) is 9.49. The Bertz CT molecular complexity index is 555. The molecule has 0 aromatic heterocycles. The van der Waals surface area contributed by atoms with Gasteiger partial charge in [-0.3, -0.25) is 9.63 Å². The van der Waals surface area contributed by atoms with E-state index in [9.17, 15) is 4.79 Å². The number of carbonyl (C=O) groups is 1. The number of hydrogen-bond acceptors (Lipinski definition) is 5. The molecule has 1 saturated carbocycles. The van der Waals surface area contributed by atoms with Crippen LogP contribution in [0.5, 0.6) is 0 Å². The average Bonchev–Trinajstić information content (AvgIpc) is 3.21. The van der Waals surface area contributed by atoms with Crippen LogP contribution in [0.3, 0.4) is 0 Å². The first kappa shape index (κ1) is 14.4. The smallest absolute Gasteiger partial charge is 0.265 e. The van der Waals surface area contributed by atoms with Gasteiger partial charge in [0.1, 0.15) is 4.91 Å². The van der Waals surface area contributed by atoms with E-state index in [0.717, 1.165) is 24.2 Å². The molecule has 1 amide bonds. The van der Waals surface area contributed by atoms with Gasteiger partial charge in [0.05, 0.1) is 11.8 Å². The zero-order valence-electron chi connectivity index (χ0n) is 12.1. The van der Waals surface area contributed by atoms with Crippen LogP contribution < -0.4 is 10.1 Å². The quantitative estimate of drug-likeness (QED) is 0.819. The van der Waals surface area contributed by atoms with Crippen molar-refractivity contribution in [2.75, 3.05) is 5.32 Å². The molecule has 1 heterocycles. The number of hydrogen-bond donors (Lipinski definition) is 2. The summed E-state index contributed by atoms with van der Waals surface area (Å²) >= 11 is 1.31. The van der Waals surface area contributed by atoms with E-state index in [2.05, 4.69) is 10.1 Å². The Morgan fingerprint density at radius 1 is 1.38 bits per heavy atom. The number of hydroxylamine groups is 1. The first-order valence-electron chi connectivity index (χ1n) is 7.15. The van der Waals surface area contributed by atoms with Gasteiger partial charge in [0, 0.05) is 11.6 Å². The predicted octanol–water partition coefficient (Wildman–Crippen LogP) is 3.06. The summed E-state index contributed by atoms with van der Waals surface area (Å²) in [5.41, 5.74) is 1.76. The topological polar surface area (TPSA) is 53.6 Å². The lowest BCUT2D eigenvalue weighted by molar-refractivity contribution is -0.178. The fourth-order valence-corrected chi connectivity index (χ4v) is 2.96. The van der Waals surface area contributed by atoms with E-state index in [-0.39, 0.29) is 12.0 Å². The minimum absolute atomic E-state index is 0.0587. The van der Waals surface area contributed by atoms with Gasteiger partial charge in [-0.2, -0.15) is 5.17 Å². The summed E-state index contributed by atoms with van der Waals surface area (Å²) in [7, 11) is 0. The molecule has 1 aromatic carbocycles. The number of carbonyl (C=O) groups excluding carboxylic acids is 1. The molecule has 3 rings (SSSR count). The molecule has 0 saturated heterocycles. The molecule has 0 unspecified atom stereocenters. The largest absolute Gasteiger partial charge is 0.321 e. The second-order valence-corrected chi connectivity index (χ2v) is 6.25. The zero-order valence-corrected chi connectivity index (χ0v) is 12.9. The van der Waals surface area contributed by atoms with Crippen molar-refractivity contribution in [3.8, 4) is 0 Å². The molecule has 0 spiro atoms. The molecule has 21 heavy (non-hydrogen) atoms. The van der Waals surface area contributed by atoms with Gasteiger partial charge in [-0.15, -0.1) is 4.83 Å². The van der Waals surface area contributed by atoms with E-state index in [1.165, 1.54) is 11.9 Å². The second-order valence-electron chi connectivity index (χ2n) is 5.45. The van der Waals surface area contributed by atoms with Gasteiger partial charge in [0.2, 0.25) is 0 Å². The van der Waals surface area contributed by atoms with Crippen molar-refractivity contribution in [1.82, 2.24) is 10.0 Å². The molecule has 5 nitrogen and oxygen atoms in total. The van der Waals surface area contributed by atoms with Crippen LogP contribution in [0, 0.1) is 5.92 Å². The summed E-state index contributed by atoms with van der Waals surface area (Å²) in [6.45, 7) is 3.94. The normalized spacial score (nSPS) is 18.5. The van der Waals surface area contributed by atoms with Gasteiger partial charge in [-0.1, -0.05) is 18.2 Å². The Morgan fingerprint density at radius 2 is 2.10 bits per heavy atom. The van der Waals surface area contributed by atoms with Crippen LogP contribution in [0.4, 0.5) is 5.69 Å². The van der Waals surface area contributed by atoms with Crippen molar-refractivity contribution in [1.29, 1.82) is 0 Å². The van der Waals surface area contributed by atoms with Crippen LogP contribution in [-0.4, -0.2) is 17.2 Å². The minimum Gasteiger partial charge on any atom is -0.321 e. The van der Waals surface area contributed by atoms with Gasteiger partial charge in [0.15, 0.2) is 0 Å². The monoisotopic (exact) mass is 305 g/mol. The molecule has 1 aliphatic carbocycles. The molecule has 0 bridgehead atoms. The summed E-state index contributed by atoms with van der Waals surface area (Å²) in [4.78, 5) is 22.0. The third kappa shape index (κ3) is 3.40. The SMILES string of the molecule is CC(C)ON1NSC(C(=O)Nc2ccccc2)=C1C1CC1. The number of anilines is 1. The molecule has 0 radical (unpaired) electrons. The van der Waals surface area contributed by atoms with Gasteiger partial charge in [-0.25, -0.2) is 0 Å². The Kier molecular flexibility index (Phi) is 4.19. The number of hydrazine groups is 1. The summed E-state index contributed by atoms with van der Waals surface area (Å²) < 4.78 is 0. The number of amides is 1. The number of nitrogens with zero attached hydrogens (tertiary/aromatic N) is 1. The van der Waals surface area contributed by atoms with Crippen LogP contribution in [0.15, 0.2) is 40.9 Å². The third-order valence-electron chi connectivity index (χ3n) is 3.20. The second kappa shape index (κ2) is 6.09. The molecule has 2 N–H and O–H groups in total. The summed E-state index contributed by atoms with van der Waals surface area (Å²) in [5, 5.41) is 4.59. The maximum absolute atomic E-state index is 12.5. The van der Waals surface area contributed by atoms with E-state index < -0.39 is 0 Å². The van der Waals surface area contributed by atoms with E-state index in [1.807, 2.05) is 44.2 Å². The lowest BCUT2D eigenvalue weighted by Gasteiger charge is -2.22. The van der Waals surface area contributed by atoms with Crippen molar-refractivity contribution in [2.45, 2.75) is 32.8 Å². The Labute approximate surface area is 128 Å². The first-order valence-corrected chi connectivity index (χ1v) is 7.96. The third-order valence-corrected chi connectivity index (χ3v) is 4.06. The Hall–Kier alpha value is -1.50. The number of nitrogens with one attached hydrogen (secondary N) is 2. The number of rotatable bonds is 5. The van der Waals surface area contributed by atoms with Crippen LogP contribution >= 0.6 is 11.9 Å². The van der Waals surface area contributed by atoms with Crippen LogP contribution in [0.2, 0.25) is 0 Å². The van der Waals surface area contributed by atoms with Crippen LogP contribution in [-0.2, 0) is 9.63 Å². The molecule has 6 heteroatoms. The lowest BCUT2D eigenvalue weighted by atomic mass is 10.2. The highest BCUT2D eigenvalue weighted by atomic mass is 32.2. The highest BCUT2D eigenvalue weighted by Crippen LogP contribution is 2.45. The molecule has 1 aromatic rings. The predicted molar refractivity (Wildman–Crippen MR) is 83.6 cm³/mol. The molecular weight excluding hydrogens is 286 g/mol. The van der Waals surface area contributed by atoms with Crippen molar-refractivity contribution in [2.24, 2.45) is 5.92 Å². The van der Waals surface area contributed by atoms with Crippen LogP contribution in [0.1, 0.15) is 26.7 Å².